The molecule has 1 aromatic heterocycles. The van der Waals surface area contributed by atoms with Crippen molar-refractivity contribution in [3.05, 3.63) is 145 Å². The standard InChI is InChI=1S/C34H25N5S/c1-4-13-25(14-5-1)30-23-31(26-15-6-2-7-16-26)39(38-30)34-35-32(28-21-20-24-12-10-11-17-27(24)22-28)33(40-34)37-36-29-18-8-3-9-19-29/h1-22,31H,23H2. The molecule has 0 aliphatic carbocycles. The van der Waals surface area contributed by atoms with Gasteiger partial charge in [-0.25, -0.2) is 9.99 Å². The molecule has 0 saturated heterocycles. The summed E-state index contributed by atoms with van der Waals surface area (Å²) in [6.07, 6.45) is 0.791. The van der Waals surface area contributed by atoms with Crippen molar-refractivity contribution in [2.24, 2.45) is 15.3 Å². The quantitative estimate of drug-likeness (QED) is 0.199. The van der Waals surface area contributed by atoms with Crippen molar-refractivity contribution in [3.8, 4) is 11.3 Å². The van der Waals surface area contributed by atoms with Gasteiger partial charge in [0, 0.05) is 12.0 Å². The minimum absolute atomic E-state index is 0.0333. The van der Waals surface area contributed by atoms with Gasteiger partial charge in [-0.05, 0) is 40.1 Å². The molecule has 0 fully saturated rings. The fraction of sp³-hybridized carbons (Fsp3) is 0.0588. The molecule has 1 aliphatic heterocycles. The van der Waals surface area contributed by atoms with E-state index >= 15 is 0 Å². The number of nitrogens with zero attached hydrogens (tertiary/aromatic N) is 5. The van der Waals surface area contributed by atoms with E-state index in [-0.39, 0.29) is 6.04 Å². The minimum Gasteiger partial charge on any atom is -0.231 e. The van der Waals surface area contributed by atoms with Crippen LogP contribution in [0.2, 0.25) is 0 Å². The number of rotatable bonds is 6. The molecule has 2 heterocycles. The normalized spacial score (nSPS) is 15.2. The average Bonchev–Trinajstić information content (AvgIpc) is 3.66. The highest BCUT2D eigenvalue weighted by atomic mass is 32.1. The monoisotopic (exact) mass is 535 g/mol. The second-order valence-corrected chi connectivity index (χ2v) is 10.6. The van der Waals surface area contributed by atoms with E-state index in [1.54, 1.807) is 0 Å². The largest absolute Gasteiger partial charge is 0.231 e. The third-order valence-electron chi connectivity index (χ3n) is 7.03. The number of azo groups is 1. The molecule has 1 atom stereocenters. The summed E-state index contributed by atoms with van der Waals surface area (Å²) in [6.45, 7) is 0. The van der Waals surface area contributed by atoms with E-state index in [2.05, 4.69) is 101 Å². The van der Waals surface area contributed by atoms with Crippen molar-refractivity contribution in [3.63, 3.8) is 0 Å². The molecule has 0 saturated carbocycles. The third-order valence-corrected chi connectivity index (χ3v) is 7.96. The van der Waals surface area contributed by atoms with Crippen LogP contribution in [0.4, 0.5) is 15.8 Å². The van der Waals surface area contributed by atoms with Gasteiger partial charge in [-0.15, -0.1) is 10.2 Å². The summed E-state index contributed by atoms with van der Waals surface area (Å²) in [6, 6.07) is 45.5. The number of anilines is 1. The molecule has 1 unspecified atom stereocenters. The second kappa shape index (κ2) is 10.7. The Morgan fingerprint density at radius 1 is 0.650 bits per heavy atom. The Bertz CT molecular complexity index is 1830. The molecular weight excluding hydrogens is 510 g/mol. The van der Waals surface area contributed by atoms with E-state index in [0.29, 0.717) is 0 Å². The summed E-state index contributed by atoms with van der Waals surface area (Å²) in [7, 11) is 0. The van der Waals surface area contributed by atoms with E-state index in [1.807, 2.05) is 42.5 Å². The van der Waals surface area contributed by atoms with Gasteiger partial charge in [0.25, 0.3) is 0 Å². The van der Waals surface area contributed by atoms with Gasteiger partial charge in [-0.3, -0.25) is 0 Å². The first kappa shape index (κ1) is 24.1. The van der Waals surface area contributed by atoms with Crippen LogP contribution in [0, 0.1) is 0 Å². The fourth-order valence-electron chi connectivity index (χ4n) is 5.02. The molecule has 5 aromatic carbocycles. The predicted molar refractivity (Wildman–Crippen MR) is 165 cm³/mol. The van der Waals surface area contributed by atoms with Crippen LogP contribution in [0.5, 0.6) is 0 Å². The van der Waals surface area contributed by atoms with Gasteiger partial charge < -0.3 is 0 Å². The molecule has 5 nitrogen and oxygen atoms in total. The first-order valence-corrected chi connectivity index (χ1v) is 14.1. The van der Waals surface area contributed by atoms with E-state index in [0.717, 1.165) is 50.2 Å². The predicted octanol–water partition coefficient (Wildman–Crippen LogP) is 9.73. The molecule has 0 radical (unpaired) electrons. The van der Waals surface area contributed by atoms with E-state index in [1.165, 1.54) is 22.3 Å². The Morgan fingerprint density at radius 3 is 2.10 bits per heavy atom. The minimum atomic E-state index is 0.0333. The van der Waals surface area contributed by atoms with Crippen LogP contribution in [-0.2, 0) is 0 Å². The number of thiazole rings is 1. The summed E-state index contributed by atoms with van der Waals surface area (Å²) in [5, 5.41) is 20.3. The highest BCUT2D eigenvalue weighted by Crippen LogP contribution is 2.45. The molecular formula is C34H25N5S. The summed E-state index contributed by atoms with van der Waals surface area (Å²) in [5.41, 5.74) is 5.99. The van der Waals surface area contributed by atoms with Crippen molar-refractivity contribution in [1.29, 1.82) is 0 Å². The van der Waals surface area contributed by atoms with E-state index in [9.17, 15) is 0 Å². The molecule has 0 N–H and O–H groups in total. The zero-order chi connectivity index (χ0) is 26.7. The number of hydrogen-bond acceptors (Lipinski definition) is 6. The highest BCUT2D eigenvalue weighted by molar-refractivity contribution is 7.19. The first-order valence-electron chi connectivity index (χ1n) is 13.3. The highest BCUT2D eigenvalue weighted by Gasteiger charge is 2.32. The molecule has 7 rings (SSSR count). The maximum absolute atomic E-state index is 5.17. The van der Waals surface area contributed by atoms with Gasteiger partial charge in [0.2, 0.25) is 5.13 Å². The van der Waals surface area contributed by atoms with Crippen LogP contribution in [0.3, 0.4) is 0 Å². The van der Waals surface area contributed by atoms with Gasteiger partial charge in [-0.1, -0.05) is 127 Å². The van der Waals surface area contributed by atoms with Crippen molar-refractivity contribution in [2.45, 2.75) is 12.5 Å². The Labute approximate surface area is 236 Å². The van der Waals surface area contributed by atoms with Crippen LogP contribution in [0.25, 0.3) is 22.0 Å². The lowest BCUT2D eigenvalue weighted by molar-refractivity contribution is 0.706. The zero-order valence-corrected chi connectivity index (χ0v) is 22.4. The third kappa shape index (κ3) is 4.81. The lowest BCUT2D eigenvalue weighted by Gasteiger charge is -2.21. The Balaban J connectivity index is 1.36. The Hall–Kier alpha value is -4.94. The molecule has 0 amide bonds. The number of benzene rings is 5. The lowest BCUT2D eigenvalue weighted by atomic mass is 9.99. The lowest BCUT2D eigenvalue weighted by Crippen LogP contribution is -2.18. The average molecular weight is 536 g/mol. The van der Waals surface area contributed by atoms with Gasteiger partial charge in [0.05, 0.1) is 17.4 Å². The summed E-state index contributed by atoms with van der Waals surface area (Å²) < 4.78 is 0. The van der Waals surface area contributed by atoms with Crippen molar-refractivity contribution < 1.29 is 0 Å². The molecule has 6 heteroatoms. The van der Waals surface area contributed by atoms with Crippen LogP contribution in [0.15, 0.2) is 149 Å². The van der Waals surface area contributed by atoms with Crippen LogP contribution < -0.4 is 5.01 Å². The Kier molecular flexibility index (Phi) is 6.44. The number of fused-ring (bicyclic) bond motifs is 1. The smallest absolute Gasteiger partial charge is 0.209 e. The van der Waals surface area contributed by atoms with Gasteiger partial charge >= 0.3 is 0 Å². The summed E-state index contributed by atoms with van der Waals surface area (Å²) in [4.78, 5) is 5.17. The van der Waals surface area contributed by atoms with Crippen molar-refractivity contribution >= 4 is 43.6 Å². The molecule has 0 spiro atoms. The summed E-state index contributed by atoms with van der Waals surface area (Å²) >= 11 is 1.52. The van der Waals surface area contributed by atoms with Gasteiger partial charge in [0.1, 0.15) is 5.69 Å². The van der Waals surface area contributed by atoms with Crippen LogP contribution in [-0.4, -0.2) is 10.7 Å². The maximum Gasteiger partial charge on any atom is 0.209 e. The first-order chi connectivity index (χ1) is 19.8. The Morgan fingerprint density at radius 2 is 1.32 bits per heavy atom. The second-order valence-electron chi connectivity index (χ2n) is 9.64. The van der Waals surface area contributed by atoms with Gasteiger partial charge in [-0.2, -0.15) is 5.10 Å². The van der Waals surface area contributed by atoms with Crippen LogP contribution in [0.1, 0.15) is 23.6 Å². The maximum atomic E-state index is 5.17. The molecule has 40 heavy (non-hydrogen) atoms. The molecule has 0 bridgehead atoms. The molecule has 192 valence electrons. The van der Waals surface area contributed by atoms with E-state index < -0.39 is 0 Å². The SMILES string of the molecule is c1ccc(N=Nc2sc(N3N=C(c4ccccc4)CC3c3ccccc3)nc2-c2ccc3ccccc3c2)cc1. The zero-order valence-electron chi connectivity index (χ0n) is 21.6. The number of hydrogen-bond donors (Lipinski definition) is 0. The number of hydrazone groups is 1. The fourth-order valence-corrected chi connectivity index (χ4v) is 5.93. The van der Waals surface area contributed by atoms with Crippen LogP contribution >= 0.6 is 11.3 Å². The molecule has 6 aromatic rings. The topological polar surface area (TPSA) is 53.2 Å². The van der Waals surface area contributed by atoms with E-state index in [4.69, 9.17) is 15.2 Å². The van der Waals surface area contributed by atoms with Crippen molar-refractivity contribution in [1.82, 2.24) is 4.98 Å². The van der Waals surface area contributed by atoms with Gasteiger partial charge in [0.15, 0.2) is 5.00 Å². The summed E-state index contributed by atoms with van der Waals surface area (Å²) in [5.74, 6) is 0. The van der Waals surface area contributed by atoms with Crippen molar-refractivity contribution in [2.75, 3.05) is 5.01 Å². The number of aromatic nitrogens is 1. The molecule has 1 aliphatic rings.